The van der Waals surface area contributed by atoms with Crippen LogP contribution in [0, 0.1) is 0 Å². The number of hydrogen-bond acceptors (Lipinski definition) is 7. The molecule has 0 aliphatic rings. The van der Waals surface area contributed by atoms with Crippen molar-refractivity contribution in [2.24, 2.45) is 0 Å². The summed E-state index contributed by atoms with van der Waals surface area (Å²) < 4.78 is 23.2. The van der Waals surface area contributed by atoms with E-state index in [9.17, 15) is 9.13 Å². The summed E-state index contributed by atoms with van der Waals surface area (Å²) >= 11 is 3.01. The summed E-state index contributed by atoms with van der Waals surface area (Å²) in [4.78, 5) is 0. The van der Waals surface area contributed by atoms with E-state index in [1.165, 1.54) is 53.4 Å². The molecule has 17 heavy (non-hydrogen) atoms. The highest BCUT2D eigenvalue weighted by molar-refractivity contribution is 9.33. The predicted octanol–water partition coefficient (Wildman–Crippen LogP) is 7.39. The second kappa shape index (κ2) is 11.7. The van der Waals surface area contributed by atoms with E-state index in [0.29, 0.717) is 10.5 Å². The van der Waals surface area contributed by atoms with Crippen LogP contribution in [0.5, 0.6) is 0 Å². The topological polar surface area (TPSA) is 34.1 Å². The molecule has 0 bridgehead atoms. The molecule has 0 saturated heterocycles. The van der Waals surface area contributed by atoms with Gasteiger partial charge in [0.15, 0.2) is 0 Å². The van der Waals surface area contributed by atoms with E-state index >= 15 is 0 Å². The zero-order valence-corrected chi connectivity index (χ0v) is 16.2. The average molecular weight is 369 g/mol. The standard InChI is InChI=1S/C8H18O2P2S5/c1-5-7(3)13-11(9)15-17-16-12(10)14-8(4)6-2/h7-8H,5-6H2,1-4H3/q+2. The van der Waals surface area contributed by atoms with Crippen molar-refractivity contribution in [3.8, 4) is 0 Å². The first-order valence-electron chi connectivity index (χ1n) is 5.29. The van der Waals surface area contributed by atoms with Crippen molar-refractivity contribution in [2.45, 2.75) is 51.0 Å². The highest BCUT2D eigenvalue weighted by atomic mass is 33.7. The van der Waals surface area contributed by atoms with Crippen LogP contribution >= 0.6 is 65.8 Å². The van der Waals surface area contributed by atoms with Gasteiger partial charge in [-0.1, -0.05) is 13.8 Å². The summed E-state index contributed by atoms with van der Waals surface area (Å²) in [6.07, 6.45) is -0.525. The van der Waals surface area contributed by atoms with Crippen LogP contribution in [0.15, 0.2) is 0 Å². The van der Waals surface area contributed by atoms with Crippen molar-refractivity contribution < 1.29 is 9.13 Å². The lowest BCUT2D eigenvalue weighted by Gasteiger charge is -1.95. The molecule has 0 aliphatic carbocycles. The first kappa shape index (κ1) is 18.9. The molecule has 4 unspecified atom stereocenters. The predicted molar refractivity (Wildman–Crippen MR) is 92.7 cm³/mol. The van der Waals surface area contributed by atoms with Gasteiger partial charge in [-0.05, 0) is 35.8 Å². The zero-order chi connectivity index (χ0) is 13.3. The molecule has 9 heteroatoms. The largest absolute Gasteiger partial charge is 0.496 e. The molecule has 0 aromatic carbocycles. The molecular formula is C8H18O2P2S5+2. The summed E-state index contributed by atoms with van der Waals surface area (Å²) in [5.74, 6) is 0. The fourth-order valence-corrected chi connectivity index (χ4v) is 20.8. The molecule has 4 atom stereocenters. The molecule has 0 rings (SSSR count). The highest BCUT2D eigenvalue weighted by Crippen LogP contribution is 2.68. The molecule has 0 aliphatic heterocycles. The SMILES string of the molecule is CCC(C)S[P+](=O)SSS[P+](=O)SC(C)CC. The first-order valence-corrected chi connectivity index (χ1v) is 15.5. The summed E-state index contributed by atoms with van der Waals surface area (Å²) in [6, 6.07) is 0. The Labute approximate surface area is 125 Å². The average Bonchev–Trinajstić information content (AvgIpc) is 2.28. The lowest BCUT2D eigenvalue weighted by atomic mass is 10.4. The van der Waals surface area contributed by atoms with E-state index in [4.69, 9.17) is 0 Å². The maximum atomic E-state index is 11.6. The van der Waals surface area contributed by atoms with Gasteiger partial charge in [-0.15, -0.1) is 0 Å². The fourth-order valence-electron chi connectivity index (χ4n) is 0.541. The van der Waals surface area contributed by atoms with Gasteiger partial charge >= 0.3 is 12.4 Å². The van der Waals surface area contributed by atoms with E-state index in [2.05, 4.69) is 27.7 Å². The van der Waals surface area contributed by atoms with Crippen molar-refractivity contribution in [2.75, 3.05) is 0 Å². The Morgan fingerprint density at radius 2 is 1.24 bits per heavy atom. The Hall–Kier alpha value is 1.95. The summed E-state index contributed by atoms with van der Waals surface area (Å²) in [5.41, 5.74) is 0. The fraction of sp³-hybridized carbons (Fsp3) is 1.00. The Morgan fingerprint density at radius 1 is 0.882 bits per heavy atom. The Bertz CT molecular complexity index is 230. The second-order valence-electron chi connectivity index (χ2n) is 3.31. The molecule has 100 valence electrons. The molecule has 0 aromatic rings. The van der Waals surface area contributed by atoms with Crippen molar-refractivity contribution in [1.29, 1.82) is 0 Å². The molecule has 0 N–H and O–H groups in total. The monoisotopic (exact) mass is 368 g/mol. The zero-order valence-electron chi connectivity index (χ0n) is 10.3. The Balaban J connectivity index is 3.62. The maximum absolute atomic E-state index is 11.6. The van der Waals surface area contributed by atoms with Crippen molar-refractivity contribution >= 4 is 65.8 Å². The van der Waals surface area contributed by atoms with Crippen LogP contribution in [0.3, 0.4) is 0 Å². The smallest absolute Gasteiger partial charge is 0.0642 e. The number of hydrogen-bond donors (Lipinski definition) is 0. The summed E-state index contributed by atoms with van der Waals surface area (Å²) in [7, 11) is 4.07. The van der Waals surface area contributed by atoms with Crippen LogP contribution in [0.25, 0.3) is 0 Å². The molecule has 0 aromatic heterocycles. The van der Waals surface area contributed by atoms with Crippen LogP contribution in [0.1, 0.15) is 40.5 Å². The van der Waals surface area contributed by atoms with Gasteiger partial charge in [0, 0.05) is 0 Å². The van der Waals surface area contributed by atoms with Gasteiger partial charge in [0.2, 0.25) is 20.8 Å². The minimum absolute atomic E-state index is 0.431. The third-order valence-electron chi connectivity index (χ3n) is 1.86. The molecule has 0 saturated carbocycles. The number of rotatable bonds is 10. The van der Waals surface area contributed by atoms with E-state index in [1.807, 2.05) is 0 Å². The van der Waals surface area contributed by atoms with E-state index in [1.54, 1.807) is 0 Å². The van der Waals surface area contributed by atoms with Gasteiger partial charge in [-0.3, -0.25) is 0 Å². The van der Waals surface area contributed by atoms with E-state index in [0.717, 1.165) is 12.8 Å². The van der Waals surface area contributed by atoms with Crippen molar-refractivity contribution in [3.05, 3.63) is 0 Å². The van der Waals surface area contributed by atoms with Crippen LogP contribution in [-0.4, -0.2) is 10.5 Å². The summed E-state index contributed by atoms with van der Waals surface area (Å²) in [6.45, 7) is 8.34. The van der Waals surface area contributed by atoms with Gasteiger partial charge in [0.25, 0.3) is 0 Å². The van der Waals surface area contributed by atoms with Gasteiger partial charge in [0.1, 0.15) is 22.8 Å². The van der Waals surface area contributed by atoms with Crippen LogP contribution in [0.4, 0.5) is 0 Å². The third kappa shape index (κ3) is 11.5. The first-order chi connectivity index (χ1) is 7.99. The molecule has 0 spiro atoms. The molecule has 0 amide bonds. The van der Waals surface area contributed by atoms with Crippen LogP contribution < -0.4 is 0 Å². The lowest BCUT2D eigenvalue weighted by Crippen LogP contribution is -1.87. The molecular weight excluding hydrogens is 350 g/mol. The van der Waals surface area contributed by atoms with Gasteiger partial charge in [0.05, 0.1) is 20.3 Å². The molecule has 0 heterocycles. The van der Waals surface area contributed by atoms with E-state index in [-0.39, 0.29) is 0 Å². The van der Waals surface area contributed by atoms with Gasteiger partial charge in [-0.2, -0.15) is 0 Å². The maximum Gasteiger partial charge on any atom is 0.496 e. The Kier molecular flexibility index (Phi) is 13.1. The lowest BCUT2D eigenvalue weighted by molar-refractivity contribution is 0.602. The van der Waals surface area contributed by atoms with Gasteiger partial charge in [-0.25, -0.2) is 0 Å². The van der Waals surface area contributed by atoms with Crippen LogP contribution in [0.2, 0.25) is 0 Å². The van der Waals surface area contributed by atoms with Crippen LogP contribution in [-0.2, 0) is 9.13 Å². The quantitative estimate of drug-likeness (QED) is 0.293. The normalized spacial score (nSPS) is 16.5. The van der Waals surface area contributed by atoms with Crippen molar-refractivity contribution in [3.63, 3.8) is 0 Å². The molecule has 2 nitrogen and oxygen atoms in total. The molecule has 0 fully saturated rings. The van der Waals surface area contributed by atoms with Gasteiger partial charge < -0.3 is 0 Å². The highest BCUT2D eigenvalue weighted by Gasteiger charge is 2.30. The summed E-state index contributed by atoms with van der Waals surface area (Å²) in [5, 5.41) is 0.861. The third-order valence-corrected chi connectivity index (χ3v) is 19.7. The second-order valence-corrected chi connectivity index (χ2v) is 18.5. The van der Waals surface area contributed by atoms with Crippen molar-refractivity contribution in [1.82, 2.24) is 0 Å². The Morgan fingerprint density at radius 3 is 1.53 bits per heavy atom. The van der Waals surface area contributed by atoms with E-state index < -0.39 is 12.4 Å². The molecule has 0 radical (unpaired) electrons. The minimum Gasteiger partial charge on any atom is -0.0642 e. The minimum atomic E-state index is -1.29.